The number of benzene rings is 2. The van der Waals surface area contributed by atoms with Crippen LogP contribution in [0.25, 0.3) is 0 Å². The van der Waals surface area contributed by atoms with Crippen LogP contribution in [0.1, 0.15) is 56.2 Å². The molecular weight excluding hydrogens is 414 g/mol. The first kappa shape index (κ1) is 20.9. The van der Waals surface area contributed by atoms with E-state index in [1.165, 1.54) is 0 Å². The standard InChI is InChI=1S/C24H22ClN3O3/c1-14-5-3-6-18(13-14)26-24(30)22-15(2)21-19(7-4-8-20(21)31-22)27-28-23(29)16-9-11-17(25)12-10-16/h3,5-6,9-13H,4,7-8H2,1-2H3,(H,26,30)(H,28,29)/b27-19+. The number of halogens is 1. The van der Waals surface area contributed by atoms with Gasteiger partial charge >= 0.3 is 0 Å². The van der Waals surface area contributed by atoms with Crippen LogP contribution in [0.15, 0.2) is 58.0 Å². The van der Waals surface area contributed by atoms with Gasteiger partial charge in [0.25, 0.3) is 11.8 Å². The molecule has 4 rings (SSSR count). The fraction of sp³-hybridized carbons (Fsp3) is 0.208. The molecule has 0 bridgehead atoms. The van der Waals surface area contributed by atoms with Crippen molar-refractivity contribution < 1.29 is 14.0 Å². The summed E-state index contributed by atoms with van der Waals surface area (Å²) in [5.74, 6) is 0.361. The molecule has 0 saturated carbocycles. The Morgan fingerprint density at radius 1 is 1.03 bits per heavy atom. The summed E-state index contributed by atoms with van der Waals surface area (Å²) in [7, 11) is 0. The summed E-state index contributed by atoms with van der Waals surface area (Å²) in [5.41, 5.74) is 7.07. The third kappa shape index (κ3) is 4.54. The maximum absolute atomic E-state index is 12.8. The van der Waals surface area contributed by atoms with Crippen LogP contribution >= 0.6 is 11.6 Å². The topological polar surface area (TPSA) is 83.7 Å². The minimum Gasteiger partial charge on any atom is -0.455 e. The van der Waals surface area contributed by atoms with Gasteiger partial charge in [-0.25, -0.2) is 5.43 Å². The van der Waals surface area contributed by atoms with E-state index in [0.29, 0.717) is 28.4 Å². The number of rotatable bonds is 4. The van der Waals surface area contributed by atoms with Crippen molar-refractivity contribution >= 4 is 34.8 Å². The first-order chi connectivity index (χ1) is 14.9. The Morgan fingerprint density at radius 3 is 2.55 bits per heavy atom. The van der Waals surface area contributed by atoms with Crippen LogP contribution in [0.3, 0.4) is 0 Å². The van der Waals surface area contributed by atoms with Crippen molar-refractivity contribution in [3.05, 3.63) is 87.3 Å². The Hall–Kier alpha value is -3.38. The second-order valence-electron chi connectivity index (χ2n) is 7.54. The lowest BCUT2D eigenvalue weighted by Crippen LogP contribution is -2.22. The smallest absolute Gasteiger partial charge is 0.291 e. The van der Waals surface area contributed by atoms with Crippen LogP contribution in [0.5, 0.6) is 0 Å². The molecule has 0 atom stereocenters. The van der Waals surface area contributed by atoms with Crippen LogP contribution in [0.4, 0.5) is 5.69 Å². The van der Waals surface area contributed by atoms with E-state index in [0.717, 1.165) is 35.3 Å². The summed E-state index contributed by atoms with van der Waals surface area (Å²) in [6.07, 6.45) is 2.24. The number of nitrogens with zero attached hydrogens (tertiary/aromatic N) is 1. The van der Waals surface area contributed by atoms with Gasteiger partial charge in [0.05, 0.1) is 5.71 Å². The number of carbonyl (C=O) groups is 2. The van der Waals surface area contributed by atoms with Crippen LogP contribution in [-0.4, -0.2) is 17.5 Å². The van der Waals surface area contributed by atoms with Crippen molar-refractivity contribution in [2.45, 2.75) is 33.1 Å². The molecule has 6 nitrogen and oxygen atoms in total. The van der Waals surface area contributed by atoms with E-state index in [1.807, 2.05) is 38.1 Å². The molecule has 158 valence electrons. The van der Waals surface area contributed by atoms with E-state index in [4.69, 9.17) is 16.0 Å². The summed E-state index contributed by atoms with van der Waals surface area (Å²) in [5, 5.41) is 7.79. The first-order valence-electron chi connectivity index (χ1n) is 10.1. The lowest BCUT2D eigenvalue weighted by Gasteiger charge is -2.13. The highest BCUT2D eigenvalue weighted by molar-refractivity contribution is 6.30. The van der Waals surface area contributed by atoms with Gasteiger partial charge in [-0.15, -0.1) is 0 Å². The predicted octanol–water partition coefficient (Wildman–Crippen LogP) is 5.27. The number of aryl methyl sites for hydroxylation is 2. The minimum absolute atomic E-state index is 0.269. The SMILES string of the molecule is Cc1cccc(NC(=O)c2oc3c(c2C)/C(=N/NC(=O)c2ccc(Cl)cc2)CCC3)c1. The van der Waals surface area contributed by atoms with Gasteiger partial charge in [0, 0.05) is 33.8 Å². The van der Waals surface area contributed by atoms with Gasteiger partial charge in [-0.1, -0.05) is 23.7 Å². The molecule has 2 N–H and O–H groups in total. The van der Waals surface area contributed by atoms with Crippen molar-refractivity contribution in [2.24, 2.45) is 5.10 Å². The van der Waals surface area contributed by atoms with Crippen molar-refractivity contribution in [3.63, 3.8) is 0 Å². The number of hydrazone groups is 1. The monoisotopic (exact) mass is 435 g/mol. The third-order valence-electron chi connectivity index (χ3n) is 5.21. The highest BCUT2D eigenvalue weighted by Gasteiger charge is 2.28. The van der Waals surface area contributed by atoms with Gasteiger partial charge in [0.1, 0.15) is 5.76 Å². The number of hydrogen-bond acceptors (Lipinski definition) is 4. The van der Waals surface area contributed by atoms with Crippen molar-refractivity contribution in [3.8, 4) is 0 Å². The van der Waals surface area contributed by atoms with Gasteiger partial charge in [0.15, 0.2) is 5.76 Å². The summed E-state index contributed by atoms with van der Waals surface area (Å²) in [6, 6.07) is 14.2. The zero-order valence-corrected chi connectivity index (χ0v) is 18.0. The van der Waals surface area contributed by atoms with Gasteiger partial charge in [-0.05, 0) is 68.7 Å². The largest absolute Gasteiger partial charge is 0.455 e. The van der Waals surface area contributed by atoms with E-state index < -0.39 is 0 Å². The highest BCUT2D eigenvalue weighted by atomic mass is 35.5. The van der Waals surface area contributed by atoms with E-state index >= 15 is 0 Å². The lowest BCUT2D eigenvalue weighted by molar-refractivity contribution is 0.0953. The number of anilines is 1. The molecule has 3 aromatic rings. The number of hydrogen-bond donors (Lipinski definition) is 2. The van der Waals surface area contributed by atoms with Gasteiger partial charge in [-0.2, -0.15) is 5.10 Å². The summed E-state index contributed by atoms with van der Waals surface area (Å²) >= 11 is 5.87. The van der Waals surface area contributed by atoms with E-state index in [2.05, 4.69) is 15.8 Å². The third-order valence-corrected chi connectivity index (χ3v) is 5.46. The Labute approximate surface area is 185 Å². The summed E-state index contributed by atoms with van der Waals surface area (Å²) in [4.78, 5) is 25.2. The quantitative estimate of drug-likeness (QED) is 0.547. The van der Waals surface area contributed by atoms with E-state index in [9.17, 15) is 9.59 Å². The fourth-order valence-electron chi connectivity index (χ4n) is 3.69. The predicted molar refractivity (Wildman–Crippen MR) is 121 cm³/mol. The number of nitrogens with one attached hydrogen (secondary N) is 2. The van der Waals surface area contributed by atoms with Gasteiger partial charge in [0.2, 0.25) is 0 Å². The Kier molecular flexibility index (Phi) is 5.91. The van der Waals surface area contributed by atoms with Crippen molar-refractivity contribution in [1.29, 1.82) is 0 Å². The number of fused-ring (bicyclic) bond motifs is 1. The molecule has 0 unspecified atom stereocenters. The number of amides is 2. The van der Waals surface area contributed by atoms with Crippen LogP contribution in [-0.2, 0) is 6.42 Å². The fourth-order valence-corrected chi connectivity index (χ4v) is 3.82. The molecule has 0 radical (unpaired) electrons. The maximum Gasteiger partial charge on any atom is 0.291 e. The maximum atomic E-state index is 12.8. The average molecular weight is 436 g/mol. The molecular formula is C24H22ClN3O3. The molecule has 0 spiro atoms. The molecule has 31 heavy (non-hydrogen) atoms. The Morgan fingerprint density at radius 2 is 1.81 bits per heavy atom. The molecule has 2 amide bonds. The lowest BCUT2D eigenvalue weighted by atomic mass is 9.93. The van der Waals surface area contributed by atoms with Gasteiger partial charge in [-0.3, -0.25) is 9.59 Å². The van der Waals surface area contributed by atoms with Crippen LogP contribution in [0.2, 0.25) is 5.02 Å². The molecule has 1 heterocycles. The van der Waals surface area contributed by atoms with Gasteiger partial charge < -0.3 is 9.73 Å². The molecule has 7 heteroatoms. The summed E-state index contributed by atoms with van der Waals surface area (Å²) in [6.45, 7) is 3.81. The molecule has 2 aromatic carbocycles. The normalized spacial score (nSPS) is 14.2. The Balaban J connectivity index is 1.56. The van der Waals surface area contributed by atoms with E-state index in [-0.39, 0.29) is 17.6 Å². The zero-order chi connectivity index (χ0) is 22.0. The highest BCUT2D eigenvalue weighted by Crippen LogP contribution is 2.30. The second-order valence-corrected chi connectivity index (χ2v) is 7.97. The minimum atomic E-state index is -0.324. The van der Waals surface area contributed by atoms with Crippen LogP contribution < -0.4 is 10.7 Å². The summed E-state index contributed by atoms with van der Waals surface area (Å²) < 4.78 is 5.92. The van der Waals surface area contributed by atoms with E-state index in [1.54, 1.807) is 24.3 Å². The molecule has 1 aliphatic carbocycles. The molecule has 0 fully saturated rings. The van der Waals surface area contributed by atoms with Crippen molar-refractivity contribution in [2.75, 3.05) is 5.32 Å². The number of carbonyl (C=O) groups excluding carboxylic acids is 2. The number of furan rings is 1. The molecule has 0 saturated heterocycles. The zero-order valence-electron chi connectivity index (χ0n) is 17.3. The van der Waals surface area contributed by atoms with Crippen molar-refractivity contribution in [1.82, 2.24) is 5.43 Å². The molecule has 1 aliphatic rings. The Bertz CT molecular complexity index is 1180. The van der Waals surface area contributed by atoms with Crippen LogP contribution in [0, 0.1) is 13.8 Å². The molecule has 0 aliphatic heterocycles. The first-order valence-corrected chi connectivity index (χ1v) is 10.4. The average Bonchev–Trinajstić information content (AvgIpc) is 3.10. The second kappa shape index (κ2) is 8.78. The molecule has 1 aromatic heterocycles.